The molecule has 4 heterocycles. The van der Waals surface area contributed by atoms with Crippen molar-refractivity contribution in [1.29, 1.82) is 0 Å². The summed E-state index contributed by atoms with van der Waals surface area (Å²) < 4.78 is 8.38. The highest BCUT2D eigenvalue weighted by Gasteiger charge is 2.33. The molecular weight excluding hydrogens is 516 g/mol. The number of carboxylic acid groups (broad SMARTS) is 1. The lowest BCUT2D eigenvalue weighted by Crippen LogP contribution is -2.38. The van der Waals surface area contributed by atoms with Crippen LogP contribution in [-0.4, -0.2) is 15.6 Å². The van der Waals surface area contributed by atoms with Crippen LogP contribution in [0.4, 0.5) is 0 Å². The number of thiazole rings is 1. The number of aromatic carboxylic acids is 1. The van der Waals surface area contributed by atoms with Crippen LogP contribution in [0.3, 0.4) is 0 Å². The van der Waals surface area contributed by atoms with Gasteiger partial charge in [-0.25, -0.2) is 9.79 Å². The minimum Gasteiger partial charge on any atom is -0.478 e. The zero-order chi connectivity index (χ0) is 25.8. The van der Waals surface area contributed by atoms with Gasteiger partial charge in [-0.15, -0.1) is 11.3 Å². The van der Waals surface area contributed by atoms with Crippen LogP contribution < -0.4 is 14.9 Å². The van der Waals surface area contributed by atoms with Crippen molar-refractivity contribution in [2.75, 3.05) is 0 Å². The van der Waals surface area contributed by atoms with Gasteiger partial charge in [0, 0.05) is 22.1 Å². The van der Waals surface area contributed by atoms with Crippen LogP contribution in [0.2, 0.25) is 0 Å². The van der Waals surface area contributed by atoms with Gasteiger partial charge >= 0.3 is 5.97 Å². The smallest absolute Gasteiger partial charge is 0.335 e. The second-order valence-electron chi connectivity index (χ2n) is 9.22. The molecule has 5 aromatic rings. The molecule has 1 aliphatic heterocycles. The highest BCUT2D eigenvalue weighted by Crippen LogP contribution is 2.42. The molecule has 0 fully saturated rings. The van der Waals surface area contributed by atoms with Crippen molar-refractivity contribution in [1.82, 2.24) is 4.57 Å². The van der Waals surface area contributed by atoms with Crippen molar-refractivity contribution < 1.29 is 14.3 Å². The Kier molecular flexibility index (Phi) is 5.38. The lowest BCUT2D eigenvalue weighted by atomic mass is 9.85. The summed E-state index contributed by atoms with van der Waals surface area (Å²) in [6.45, 7) is 0. The average molecular weight is 537 g/mol. The van der Waals surface area contributed by atoms with Crippen molar-refractivity contribution >= 4 is 40.4 Å². The predicted molar refractivity (Wildman–Crippen MR) is 148 cm³/mol. The van der Waals surface area contributed by atoms with E-state index in [0.29, 0.717) is 26.4 Å². The monoisotopic (exact) mass is 536 g/mol. The summed E-state index contributed by atoms with van der Waals surface area (Å²) in [6, 6.07) is 22.5. The lowest BCUT2D eigenvalue weighted by Gasteiger charge is -2.30. The van der Waals surface area contributed by atoms with Gasteiger partial charge in [0.15, 0.2) is 4.80 Å². The molecule has 6 nitrogen and oxygen atoms in total. The molecule has 38 heavy (non-hydrogen) atoms. The number of thiophene rings is 1. The van der Waals surface area contributed by atoms with Gasteiger partial charge in [-0.05, 0) is 59.7 Å². The molecule has 2 aliphatic rings. The number of hydrogen-bond acceptors (Lipinski definition) is 6. The summed E-state index contributed by atoms with van der Waals surface area (Å²) in [7, 11) is 0. The van der Waals surface area contributed by atoms with Crippen molar-refractivity contribution in [2.45, 2.75) is 18.9 Å². The minimum atomic E-state index is -0.995. The molecule has 0 radical (unpaired) electrons. The summed E-state index contributed by atoms with van der Waals surface area (Å²) in [5.74, 6) is 0.0637. The number of rotatable bonds is 4. The molecule has 7 rings (SSSR count). The molecule has 0 amide bonds. The number of nitrogens with zero attached hydrogens (tertiary/aromatic N) is 2. The Morgan fingerprint density at radius 2 is 1.95 bits per heavy atom. The van der Waals surface area contributed by atoms with Crippen molar-refractivity contribution in [3.63, 3.8) is 0 Å². The van der Waals surface area contributed by atoms with Crippen LogP contribution in [0.25, 0.3) is 23.1 Å². The first-order valence-electron chi connectivity index (χ1n) is 12.2. The maximum Gasteiger partial charge on any atom is 0.335 e. The highest BCUT2D eigenvalue weighted by atomic mass is 32.1. The molecule has 0 saturated carbocycles. The van der Waals surface area contributed by atoms with Gasteiger partial charge in [-0.1, -0.05) is 53.8 Å². The normalized spacial score (nSPS) is 16.5. The quantitative estimate of drug-likeness (QED) is 0.336. The van der Waals surface area contributed by atoms with Crippen molar-refractivity contribution in [3.05, 3.63) is 131 Å². The van der Waals surface area contributed by atoms with Gasteiger partial charge in [0.2, 0.25) is 0 Å². The molecular formula is C30H20N2O4S2. The van der Waals surface area contributed by atoms with E-state index in [1.165, 1.54) is 22.5 Å². The molecule has 0 spiro atoms. The molecule has 1 N–H and O–H groups in total. The third-order valence-corrected chi connectivity index (χ3v) is 8.89. The van der Waals surface area contributed by atoms with Gasteiger partial charge < -0.3 is 9.52 Å². The van der Waals surface area contributed by atoms with E-state index in [9.17, 15) is 14.7 Å². The second kappa shape index (κ2) is 8.93. The minimum absolute atomic E-state index is 0.0941. The van der Waals surface area contributed by atoms with E-state index in [4.69, 9.17) is 9.41 Å². The standard InChI is InChI=1S/C30H20N2O4S2/c33-28-25(16-20-11-13-23(36-20)18-6-3-7-19(15-18)29(34)35)38-30-31-26-21-8-2-1-5-17(21)10-12-22(26)27(32(28)30)24-9-4-14-37-24/h1-9,11,13-16,27H,10,12H2,(H,34,35)/b25-16-. The zero-order valence-electron chi connectivity index (χ0n) is 20.0. The van der Waals surface area contributed by atoms with Gasteiger partial charge in [0.1, 0.15) is 11.5 Å². The molecule has 186 valence electrons. The third-order valence-electron chi connectivity index (χ3n) is 6.98. The fourth-order valence-electron chi connectivity index (χ4n) is 5.24. The number of carboxylic acids is 1. The van der Waals surface area contributed by atoms with Gasteiger partial charge in [-0.3, -0.25) is 9.36 Å². The Bertz CT molecular complexity index is 1940. The van der Waals surface area contributed by atoms with E-state index in [0.717, 1.165) is 29.0 Å². The Morgan fingerprint density at radius 3 is 2.79 bits per heavy atom. The Morgan fingerprint density at radius 1 is 1.05 bits per heavy atom. The first kappa shape index (κ1) is 22.9. The second-order valence-corrected chi connectivity index (χ2v) is 11.2. The van der Waals surface area contributed by atoms with E-state index in [1.807, 2.05) is 22.1 Å². The number of aryl methyl sites for hydroxylation is 1. The molecule has 2 aromatic carbocycles. The number of furan rings is 1. The average Bonchev–Trinajstić information content (AvgIpc) is 3.70. The van der Waals surface area contributed by atoms with Crippen LogP contribution >= 0.6 is 22.7 Å². The van der Waals surface area contributed by atoms with Crippen LogP contribution in [0, 0.1) is 0 Å². The molecule has 0 saturated heterocycles. The van der Waals surface area contributed by atoms with Crippen LogP contribution in [0.5, 0.6) is 0 Å². The fraction of sp³-hybridized carbons (Fsp3) is 0.100. The molecule has 3 aromatic heterocycles. The van der Waals surface area contributed by atoms with Crippen LogP contribution in [0.15, 0.2) is 98.0 Å². The maximum absolute atomic E-state index is 13.8. The van der Waals surface area contributed by atoms with E-state index in [1.54, 1.807) is 53.8 Å². The topological polar surface area (TPSA) is 84.8 Å². The van der Waals surface area contributed by atoms with Gasteiger partial charge in [0.05, 0.1) is 21.8 Å². The van der Waals surface area contributed by atoms with E-state index in [-0.39, 0.29) is 17.2 Å². The Balaban J connectivity index is 1.36. The SMILES string of the molecule is O=C(O)c1cccc(-c2ccc(/C=c3\sc4n(c3=O)C(c3cccs3)C3=C(N=4)c4ccccc4CC3)o2)c1. The van der Waals surface area contributed by atoms with Crippen LogP contribution in [0.1, 0.15) is 44.6 Å². The number of benzene rings is 2. The van der Waals surface area contributed by atoms with Gasteiger partial charge in [-0.2, -0.15) is 0 Å². The number of hydrogen-bond donors (Lipinski definition) is 1. The number of allylic oxidation sites excluding steroid dienone is 1. The Hall–Kier alpha value is -4.27. The van der Waals surface area contributed by atoms with Gasteiger partial charge in [0.25, 0.3) is 5.56 Å². The maximum atomic E-state index is 13.8. The number of aromatic nitrogens is 1. The predicted octanol–water partition coefficient (Wildman–Crippen LogP) is 5.34. The van der Waals surface area contributed by atoms with Crippen molar-refractivity contribution in [2.24, 2.45) is 4.99 Å². The molecule has 1 unspecified atom stereocenters. The number of fused-ring (bicyclic) bond motifs is 3. The third kappa shape index (κ3) is 3.72. The summed E-state index contributed by atoms with van der Waals surface area (Å²) >= 11 is 3.02. The first-order chi connectivity index (χ1) is 18.6. The summed E-state index contributed by atoms with van der Waals surface area (Å²) in [4.78, 5) is 32.0. The summed E-state index contributed by atoms with van der Waals surface area (Å²) in [5, 5.41) is 11.4. The zero-order valence-corrected chi connectivity index (χ0v) is 21.6. The largest absolute Gasteiger partial charge is 0.478 e. The molecule has 1 aliphatic carbocycles. The fourth-order valence-corrected chi connectivity index (χ4v) is 7.07. The first-order valence-corrected chi connectivity index (χ1v) is 13.9. The molecule has 1 atom stereocenters. The summed E-state index contributed by atoms with van der Waals surface area (Å²) in [5.41, 5.74) is 5.35. The summed E-state index contributed by atoms with van der Waals surface area (Å²) in [6.07, 6.45) is 3.53. The van der Waals surface area contributed by atoms with E-state index < -0.39 is 5.97 Å². The van der Waals surface area contributed by atoms with Crippen molar-refractivity contribution in [3.8, 4) is 11.3 Å². The highest BCUT2D eigenvalue weighted by molar-refractivity contribution is 7.10. The lowest BCUT2D eigenvalue weighted by molar-refractivity contribution is 0.0697. The van der Waals surface area contributed by atoms with E-state index in [2.05, 4.69) is 24.3 Å². The molecule has 0 bridgehead atoms. The molecule has 8 heteroatoms. The van der Waals surface area contributed by atoms with E-state index >= 15 is 0 Å². The van der Waals surface area contributed by atoms with Crippen LogP contribution in [-0.2, 0) is 6.42 Å². The number of carbonyl (C=O) groups is 1. The Labute approximate surface area is 224 Å².